The van der Waals surface area contributed by atoms with Gasteiger partial charge in [0.2, 0.25) is 5.95 Å². The van der Waals surface area contributed by atoms with Crippen LogP contribution in [0.3, 0.4) is 0 Å². The Bertz CT molecular complexity index is 1310. The molecular formula is C27H30FN7O2. The zero-order valence-corrected chi connectivity index (χ0v) is 20.4. The number of carbonyl (C=O) groups excluding carboxylic acids is 2. The number of primary amides is 1. The molecule has 0 radical (unpaired) electrons. The number of rotatable bonds is 6. The van der Waals surface area contributed by atoms with Crippen molar-refractivity contribution in [2.24, 2.45) is 11.5 Å². The molecule has 37 heavy (non-hydrogen) atoms. The van der Waals surface area contributed by atoms with Crippen LogP contribution in [0.2, 0.25) is 0 Å². The van der Waals surface area contributed by atoms with Crippen molar-refractivity contribution in [3.63, 3.8) is 0 Å². The van der Waals surface area contributed by atoms with E-state index in [0.717, 1.165) is 36.8 Å². The number of amides is 2. The number of carbonyl (C=O) groups is 2. The van der Waals surface area contributed by atoms with Gasteiger partial charge in [-0.3, -0.25) is 9.59 Å². The highest BCUT2D eigenvalue weighted by molar-refractivity contribution is 5.98. The maximum atomic E-state index is 13.3. The molecule has 1 saturated carbocycles. The molecule has 0 spiro atoms. The topological polar surface area (TPSA) is 139 Å². The molecule has 2 amide bonds. The number of benzene rings is 2. The van der Waals surface area contributed by atoms with Gasteiger partial charge in [0.25, 0.3) is 11.8 Å². The van der Waals surface area contributed by atoms with E-state index in [-0.39, 0.29) is 29.4 Å². The standard InChI is InChI=1S/C27H30FN7O2/c28-19-8-5-17(6-9-19)26(37)35-12-11-16-7-10-20(13-18(16)15-35)32-25-21(24(30)36)14-31-27(34-25)33-23-4-2-1-3-22(23)29/h5-10,13-14,22-23H,1-4,11-12,15,29H2,(H2,30,36)(H2,31,32,33,34). The summed E-state index contributed by atoms with van der Waals surface area (Å²) in [6.45, 7) is 0.992. The number of nitrogens with zero attached hydrogens (tertiary/aromatic N) is 3. The van der Waals surface area contributed by atoms with Gasteiger partial charge in [0.15, 0.2) is 0 Å². The highest BCUT2D eigenvalue weighted by atomic mass is 19.1. The van der Waals surface area contributed by atoms with Crippen LogP contribution in [0, 0.1) is 5.82 Å². The van der Waals surface area contributed by atoms with Gasteiger partial charge in [0.1, 0.15) is 17.2 Å². The molecule has 0 saturated heterocycles. The van der Waals surface area contributed by atoms with Crippen molar-refractivity contribution in [1.82, 2.24) is 14.9 Å². The summed E-state index contributed by atoms with van der Waals surface area (Å²) in [6, 6.07) is 11.5. The fraction of sp³-hybridized carbons (Fsp3) is 0.333. The van der Waals surface area contributed by atoms with E-state index in [4.69, 9.17) is 11.5 Å². The lowest BCUT2D eigenvalue weighted by Crippen LogP contribution is -2.43. The Kier molecular flexibility index (Phi) is 7.00. The van der Waals surface area contributed by atoms with E-state index in [0.29, 0.717) is 42.5 Å². The molecule has 3 aromatic rings. The normalized spacial score (nSPS) is 19.1. The van der Waals surface area contributed by atoms with Gasteiger partial charge in [0.05, 0.1) is 0 Å². The third-order valence-corrected chi connectivity index (χ3v) is 7.05. The number of hydrogen-bond acceptors (Lipinski definition) is 7. The van der Waals surface area contributed by atoms with E-state index in [1.807, 2.05) is 18.2 Å². The molecule has 2 atom stereocenters. The highest BCUT2D eigenvalue weighted by Gasteiger charge is 2.24. The summed E-state index contributed by atoms with van der Waals surface area (Å²) in [5, 5.41) is 6.51. The van der Waals surface area contributed by atoms with Crippen LogP contribution in [0.4, 0.5) is 21.8 Å². The second-order valence-corrected chi connectivity index (χ2v) is 9.61. The predicted molar refractivity (Wildman–Crippen MR) is 139 cm³/mol. The van der Waals surface area contributed by atoms with Gasteiger partial charge < -0.3 is 27.0 Å². The second kappa shape index (κ2) is 10.5. The van der Waals surface area contributed by atoms with Crippen molar-refractivity contribution in [1.29, 1.82) is 0 Å². The van der Waals surface area contributed by atoms with Crippen LogP contribution in [0.5, 0.6) is 0 Å². The molecule has 1 aliphatic carbocycles. The molecular weight excluding hydrogens is 473 g/mol. The maximum absolute atomic E-state index is 13.3. The summed E-state index contributed by atoms with van der Waals surface area (Å²) in [5.41, 5.74) is 15.3. The molecule has 10 heteroatoms. The van der Waals surface area contributed by atoms with E-state index in [1.165, 1.54) is 30.5 Å². The molecule has 1 fully saturated rings. The Hall–Kier alpha value is -4.05. The van der Waals surface area contributed by atoms with Crippen LogP contribution in [-0.4, -0.2) is 45.3 Å². The largest absolute Gasteiger partial charge is 0.365 e. The van der Waals surface area contributed by atoms with E-state index < -0.39 is 5.91 Å². The zero-order chi connectivity index (χ0) is 25.9. The van der Waals surface area contributed by atoms with E-state index >= 15 is 0 Å². The van der Waals surface area contributed by atoms with Crippen molar-refractivity contribution in [2.75, 3.05) is 17.2 Å². The van der Waals surface area contributed by atoms with E-state index in [1.54, 1.807) is 4.90 Å². The first-order valence-corrected chi connectivity index (χ1v) is 12.5. The molecule has 6 N–H and O–H groups in total. The number of halogens is 1. The monoisotopic (exact) mass is 503 g/mol. The van der Waals surface area contributed by atoms with Crippen LogP contribution in [0.15, 0.2) is 48.7 Å². The van der Waals surface area contributed by atoms with Crippen LogP contribution in [0.1, 0.15) is 57.5 Å². The second-order valence-electron chi connectivity index (χ2n) is 9.61. The first-order valence-electron chi connectivity index (χ1n) is 12.5. The quantitative estimate of drug-likeness (QED) is 0.405. The van der Waals surface area contributed by atoms with Crippen LogP contribution in [-0.2, 0) is 13.0 Å². The minimum absolute atomic E-state index is 0.0192. The molecule has 1 aliphatic heterocycles. The summed E-state index contributed by atoms with van der Waals surface area (Å²) < 4.78 is 13.3. The Morgan fingerprint density at radius 3 is 2.59 bits per heavy atom. The number of aromatic nitrogens is 2. The van der Waals surface area contributed by atoms with Gasteiger partial charge in [-0.05, 0) is 66.8 Å². The third-order valence-electron chi connectivity index (χ3n) is 7.05. The fourth-order valence-electron chi connectivity index (χ4n) is 4.95. The Balaban J connectivity index is 1.35. The van der Waals surface area contributed by atoms with E-state index in [9.17, 15) is 14.0 Å². The SMILES string of the molecule is NC(=O)c1cnc(NC2CCCCC2N)nc1Nc1ccc2c(c1)CN(C(=O)c1ccc(F)cc1)CC2. The van der Waals surface area contributed by atoms with E-state index in [2.05, 4.69) is 20.6 Å². The fourth-order valence-corrected chi connectivity index (χ4v) is 4.95. The van der Waals surface area contributed by atoms with Crippen molar-refractivity contribution >= 4 is 29.3 Å². The maximum Gasteiger partial charge on any atom is 0.254 e. The van der Waals surface area contributed by atoms with Gasteiger partial charge in [-0.25, -0.2) is 9.37 Å². The van der Waals surface area contributed by atoms with Crippen LogP contribution in [0.25, 0.3) is 0 Å². The lowest BCUT2D eigenvalue weighted by molar-refractivity contribution is 0.0734. The molecule has 9 nitrogen and oxygen atoms in total. The summed E-state index contributed by atoms with van der Waals surface area (Å²) >= 11 is 0. The van der Waals surface area contributed by atoms with Gasteiger partial charge in [0, 0.05) is 42.6 Å². The average molecular weight is 504 g/mol. The number of fused-ring (bicyclic) bond motifs is 1. The molecule has 2 aromatic carbocycles. The number of nitrogens with one attached hydrogen (secondary N) is 2. The number of hydrogen-bond donors (Lipinski definition) is 4. The van der Waals surface area contributed by atoms with Crippen molar-refractivity contribution in [3.05, 3.63) is 76.7 Å². The minimum Gasteiger partial charge on any atom is -0.365 e. The van der Waals surface area contributed by atoms with Crippen LogP contribution >= 0.6 is 0 Å². The number of anilines is 3. The molecule has 0 bridgehead atoms. The van der Waals surface area contributed by atoms with Gasteiger partial charge in [-0.1, -0.05) is 18.9 Å². The van der Waals surface area contributed by atoms with Crippen molar-refractivity contribution in [2.45, 2.75) is 50.7 Å². The summed E-state index contributed by atoms with van der Waals surface area (Å²) in [7, 11) is 0. The minimum atomic E-state index is -0.641. The zero-order valence-electron chi connectivity index (χ0n) is 20.4. The molecule has 5 rings (SSSR count). The van der Waals surface area contributed by atoms with Gasteiger partial charge >= 0.3 is 0 Å². The first kappa shape index (κ1) is 24.6. The molecule has 2 heterocycles. The Morgan fingerprint density at radius 2 is 1.84 bits per heavy atom. The third kappa shape index (κ3) is 5.54. The van der Waals surface area contributed by atoms with Crippen molar-refractivity contribution < 1.29 is 14.0 Å². The lowest BCUT2D eigenvalue weighted by Gasteiger charge is -2.30. The number of nitrogens with two attached hydrogens (primary N) is 2. The predicted octanol–water partition coefficient (Wildman–Crippen LogP) is 3.34. The van der Waals surface area contributed by atoms with Gasteiger partial charge in [-0.2, -0.15) is 4.98 Å². The Labute approximate surface area is 214 Å². The van der Waals surface area contributed by atoms with Gasteiger partial charge in [-0.15, -0.1) is 0 Å². The molecule has 2 unspecified atom stereocenters. The lowest BCUT2D eigenvalue weighted by atomic mass is 9.91. The smallest absolute Gasteiger partial charge is 0.254 e. The van der Waals surface area contributed by atoms with Crippen molar-refractivity contribution in [3.8, 4) is 0 Å². The summed E-state index contributed by atoms with van der Waals surface area (Å²) in [6.07, 6.45) is 6.19. The molecule has 1 aromatic heterocycles. The Morgan fingerprint density at radius 1 is 1.05 bits per heavy atom. The summed E-state index contributed by atoms with van der Waals surface area (Å²) in [5.74, 6) is -0.491. The summed E-state index contributed by atoms with van der Waals surface area (Å²) in [4.78, 5) is 35.6. The van der Waals surface area contributed by atoms with Crippen LogP contribution < -0.4 is 22.1 Å². The molecule has 192 valence electrons. The first-order chi connectivity index (χ1) is 17.9. The highest BCUT2D eigenvalue weighted by Crippen LogP contribution is 2.27. The average Bonchev–Trinajstić information content (AvgIpc) is 2.89. The molecule has 2 aliphatic rings.